The maximum Gasteiger partial charge on any atom is 0.216 e. The lowest BCUT2D eigenvalue weighted by Crippen LogP contribution is -2.50. The Hall–Kier alpha value is -0.980. The van der Waals surface area contributed by atoms with Gasteiger partial charge in [0, 0.05) is 12.6 Å². The van der Waals surface area contributed by atoms with E-state index in [0.29, 0.717) is 18.0 Å². The summed E-state index contributed by atoms with van der Waals surface area (Å²) in [6, 6.07) is 5.60. The minimum Gasteiger partial charge on any atom is -0.315 e. The largest absolute Gasteiger partial charge is 0.315 e. The molecule has 2 rings (SSSR count). The van der Waals surface area contributed by atoms with Crippen LogP contribution >= 0.6 is 0 Å². The Morgan fingerprint density at radius 3 is 2.95 bits per heavy atom. The molecule has 0 aromatic heterocycles. The molecule has 106 valence electrons. The van der Waals surface area contributed by atoms with Crippen LogP contribution in [-0.2, 0) is 15.8 Å². The summed E-state index contributed by atoms with van der Waals surface area (Å²) in [5.74, 6) is -0.294. The van der Waals surface area contributed by atoms with Crippen molar-refractivity contribution in [1.82, 2.24) is 10.0 Å². The van der Waals surface area contributed by atoms with Crippen LogP contribution in [0.2, 0.25) is 0 Å². The van der Waals surface area contributed by atoms with Gasteiger partial charge in [-0.2, -0.15) is 0 Å². The minimum atomic E-state index is -3.44. The Morgan fingerprint density at radius 2 is 2.26 bits per heavy atom. The van der Waals surface area contributed by atoms with Crippen LogP contribution < -0.4 is 10.0 Å². The van der Waals surface area contributed by atoms with E-state index in [1.54, 1.807) is 6.07 Å². The van der Waals surface area contributed by atoms with Crippen LogP contribution in [0.4, 0.5) is 4.39 Å². The van der Waals surface area contributed by atoms with E-state index in [9.17, 15) is 12.8 Å². The molecule has 1 aliphatic rings. The molecule has 0 saturated carbocycles. The third-order valence-corrected chi connectivity index (χ3v) is 4.78. The van der Waals surface area contributed by atoms with Gasteiger partial charge in [-0.05, 0) is 36.6 Å². The van der Waals surface area contributed by atoms with Gasteiger partial charge in [0.15, 0.2) is 0 Å². The molecule has 2 atom stereocenters. The van der Waals surface area contributed by atoms with Gasteiger partial charge in [-0.25, -0.2) is 17.5 Å². The van der Waals surface area contributed by atoms with Crippen molar-refractivity contribution in [2.24, 2.45) is 5.92 Å². The third-order valence-electron chi connectivity index (χ3n) is 3.40. The highest BCUT2D eigenvalue weighted by Gasteiger charge is 2.25. The number of halogens is 1. The molecule has 2 N–H and O–H groups in total. The zero-order chi connectivity index (χ0) is 13.9. The Bertz CT molecular complexity index is 533. The van der Waals surface area contributed by atoms with Gasteiger partial charge in [0.25, 0.3) is 0 Å². The van der Waals surface area contributed by atoms with Gasteiger partial charge < -0.3 is 5.32 Å². The maximum absolute atomic E-state index is 13.0. The van der Waals surface area contributed by atoms with E-state index in [-0.39, 0.29) is 11.8 Å². The van der Waals surface area contributed by atoms with Crippen LogP contribution in [0.25, 0.3) is 0 Å². The molecule has 0 radical (unpaired) electrons. The van der Waals surface area contributed by atoms with Crippen molar-refractivity contribution in [2.45, 2.75) is 25.1 Å². The lowest BCUT2D eigenvalue weighted by molar-refractivity contribution is 0.327. The van der Waals surface area contributed by atoms with Crippen LogP contribution in [0.1, 0.15) is 18.9 Å². The van der Waals surface area contributed by atoms with Gasteiger partial charge in [0.05, 0.1) is 5.75 Å². The average Bonchev–Trinajstić information content (AvgIpc) is 2.31. The Labute approximate surface area is 113 Å². The lowest BCUT2D eigenvalue weighted by Gasteiger charge is -2.29. The molecule has 1 fully saturated rings. The van der Waals surface area contributed by atoms with Crippen molar-refractivity contribution in [3.05, 3.63) is 35.6 Å². The molecule has 0 amide bonds. The Balaban J connectivity index is 2.02. The Kier molecular flexibility index (Phi) is 4.54. The zero-order valence-electron chi connectivity index (χ0n) is 10.9. The molecule has 0 aliphatic carbocycles. The van der Waals surface area contributed by atoms with Crippen molar-refractivity contribution < 1.29 is 12.8 Å². The zero-order valence-corrected chi connectivity index (χ0v) is 11.7. The van der Waals surface area contributed by atoms with Crippen molar-refractivity contribution in [2.75, 3.05) is 13.1 Å². The van der Waals surface area contributed by atoms with Crippen molar-refractivity contribution in [3.8, 4) is 0 Å². The van der Waals surface area contributed by atoms with Gasteiger partial charge in [0.1, 0.15) is 5.82 Å². The molecule has 1 saturated heterocycles. The molecule has 1 aromatic carbocycles. The number of piperidine rings is 1. The predicted molar refractivity (Wildman–Crippen MR) is 72.6 cm³/mol. The molecular weight excluding hydrogens is 267 g/mol. The number of nitrogens with one attached hydrogen (secondary N) is 2. The number of sulfonamides is 1. The van der Waals surface area contributed by atoms with Crippen LogP contribution in [0.5, 0.6) is 0 Å². The first-order valence-corrected chi connectivity index (χ1v) is 8.07. The smallest absolute Gasteiger partial charge is 0.216 e. The first-order valence-electron chi connectivity index (χ1n) is 6.41. The number of hydrogen-bond acceptors (Lipinski definition) is 3. The summed E-state index contributed by atoms with van der Waals surface area (Å²) in [6.07, 6.45) is 0.952. The summed E-state index contributed by atoms with van der Waals surface area (Å²) in [7, 11) is -3.44. The van der Waals surface area contributed by atoms with Crippen LogP contribution in [0, 0.1) is 11.7 Å². The molecule has 0 bridgehead atoms. The van der Waals surface area contributed by atoms with E-state index in [0.717, 1.165) is 13.0 Å². The van der Waals surface area contributed by atoms with Crippen LogP contribution in [0.3, 0.4) is 0 Å². The normalized spacial score (nSPS) is 24.3. The first-order chi connectivity index (χ1) is 8.96. The second-order valence-corrected chi connectivity index (χ2v) is 6.84. The SMILES string of the molecule is CC1CCNCC1NS(=O)(=O)Cc1cccc(F)c1. The Morgan fingerprint density at radius 1 is 1.47 bits per heavy atom. The van der Waals surface area contributed by atoms with E-state index in [1.807, 2.05) is 6.92 Å². The molecule has 6 heteroatoms. The topological polar surface area (TPSA) is 58.2 Å². The molecule has 19 heavy (non-hydrogen) atoms. The fourth-order valence-corrected chi connectivity index (χ4v) is 3.74. The van der Waals surface area contributed by atoms with Crippen molar-refractivity contribution in [3.63, 3.8) is 0 Å². The van der Waals surface area contributed by atoms with E-state index in [2.05, 4.69) is 10.0 Å². The van der Waals surface area contributed by atoms with E-state index in [1.165, 1.54) is 18.2 Å². The summed E-state index contributed by atoms with van der Waals surface area (Å²) in [5.41, 5.74) is 0.462. The van der Waals surface area contributed by atoms with Crippen molar-refractivity contribution >= 4 is 10.0 Å². The van der Waals surface area contributed by atoms with E-state index >= 15 is 0 Å². The van der Waals surface area contributed by atoms with Gasteiger partial charge in [0.2, 0.25) is 10.0 Å². The first kappa shape index (κ1) is 14.4. The highest BCUT2D eigenvalue weighted by Crippen LogP contribution is 2.14. The van der Waals surface area contributed by atoms with Crippen LogP contribution in [-0.4, -0.2) is 27.5 Å². The molecule has 2 unspecified atom stereocenters. The van der Waals surface area contributed by atoms with Gasteiger partial charge in [-0.15, -0.1) is 0 Å². The fraction of sp³-hybridized carbons (Fsp3) is 0.538. The molecule has 1 aliphatic heterocycles. The second kappa shape index (κ2) is 5.98. The monoisotopic (exact) mass is 286 g/mol. The summed E-state index contributed by atoms with van der Waals surface area (Å²) in [5, 5.41) is 3.17. The third kappa shape index (κ3) is 4.26. The van der Waals surface area contributed by atoms with Gasteiger partial charge in [-0.3, -0.25) is 0 Å². The quantitative estimate of drug-likeness (QED) is 0.875. The second-order valence-electron chi connectivity index (χ2n) is 5.08. The molecule has 4 nitrogen and oxygen atoms in total. The molecular formula is C13H19FN2O2S. The highest BCUT2D eigenvalue weighted by atomic mass is 32.2. The van der Waals surface area contributed by atoms with E-state index < -0.39 is 15.8 Å². The number of hydrogen-bond donors (Lipinski definition) is 2. The maximum atomic E-state index is 13.0. The highest BCUT2D eigenvalue weighted by molar-refractivity contribution is 7.88. The van der Waals surface area contributed by atoms with E-state index in [4.69, 9.17) is 0 Å². The molecule has 1 aromatic rings. The van der Waals surface area contributed by atoms with Crippen molar-refractivity contribution in [1.29, 1.82) is 0 Å². The number of rotatable bonds is 4. The summed E-state index contributed by atoms with van der Waals surface area (Å²) in [4.78, 5) is 0. The van der Waals surface area contributed by atoms with Gasteiger partial charge in [-0.1, -0.05) is 19.1 Å². The predicted octanol–water partition coefficient (Wildman–Crippen LogP) is 1.24. The molecule has 0 spiro atoms. The average molecular weight is 286 g/mol. The minimum absolute atomic E-state index is 0.0905. The fourth-order valence-electron chi connectivity index (χ4n) is 2.27. The summed E-state index contributed by atoms with van der Waals surface area (Å²) in [6.45, 7) is 3.60. The summed E-state index contributed by atoms with van der Waals surface area (Å²) < 4.78 is 39.9. The van der Waals surface area contributed by atoms with Gasteiger partial charge >= 0.3 is 0 Å². The summed E-state index contributed by atoms with van der Waals surface area (Å²) >= 11 is 0. The van der Waals surface area contributed by atoms with Crippen LogP contribution in [0.15, 0.2) is 24.3 Å². The molecule has 1 heterocycles. The lowest BCUT2D eigenvalue weighted by atomic mass is 9.96. The number of benzene rings is 1. The standard InChI is InChI=1S/C13H19FN2O2S/c1-10-5-6-15-8-13(10)16-19(17,18)9-11-3-2-4-12(14)7-11/h2-4,7,10,13,15-16H,5-6,8-9H2,1H3.